The minimum Gasteiger partial charge on any atom is -0.462 e. The van der Waals surface area contributed by atoms with E-state index in [0.717, 1.165) is 22.5 Å². The number of phosphoric ester groups is 1. The van der Waals surface area contributed by atoms with E-state index >= 15 is 0 Å². The molecule has 2 unspecified atom stereocenters. The lowest BCUT2D eigenvalue weighted by atomic mass is 10.1. The van der Waals surface area contributed by atoms with Gasteiger partial charge < -0.3 is 28.6 Å². The fourth-order valence-corrected chi connectivity index (χ4v) is 6.59. The van der Waals surface area contributed by atoms with Crippen LogP contribution in [-0.4, -0.2) is 125 Å². The molecule has 2 aromatic rings. The summed E-state index contributed by atoms with van der Waals surface area (Å²) in [5.74, 6) is 0.946. The number of carbonyl (C=O) groups is 2. The van der Waals surface area contributed by atoms with Gasteiger partial charge in [-0.3, -0.25) is 18.6 Å². The second-order valence-corrected chi connectivity index (χ2v) is 16.1. The molecule has 16 heteroatoms. The van der Waals surface area contributed by atoms with Gasteiger partial charge in [0.25, 0.3) is 0 Å². The third-order valence-corrected chi connectivity index (χ3v) is 9.54. The first-order valence-corrected chi connectivity index (χ1v) is 21.1. The third-order valence-electron chi connectivity index (χ3n) is 7.88. The van der Waals surface area contributed by atoms with Crippen molar-refractivity contribution in [3.8, 4) is 0 Å². The van der Waals surface area contributed by atoms with Gasteiger partial charge in [-0.1, -0.05) is 24.3 Å². The van der Waals surface area contributed by atoms with Crippen LogP contribution in [-0.2, 0) is 45.5 Å². The lowest BCUT2D eigenvalue weighted by Gasteiger charge is -2.24. The van der Waals surface area contributed by atoms with Crippen molar-refractivity contribution >= 4 is 77.5 Å². The summed E-state index contributed by atoms with van der Waals surface area (Å²) in [6.07, 6.45) is 1.44. The Morgan fingerprint density at radius 2 is 1.15 bits per heavy atom. The molecule has 0 aliphatic carbocycles. The number of halogens is 4. The van der Waals surface area contributed by atoms with Crippen molar-refractivity contribution in [3.63, 3.8) is 0 Å². The summed E-state index contributed by atoms with van der Waals surface area (Å²) >= 11 is 23.7. The van der Waals surface area contributed by atoms with Gasteiger partial charge in [0.05, 0.1) is 27.7 Å². The van der Waals surface area contributed by atoms with Gasteiger partial charge in [-0.25, -0.2) is 4.57 Å². The molecule has 0 fully saturated rings. The normalized spacial score (nSPS) is 13.3. The van der Waals surface area contributed by atoms with E-state index in [9.17, 15) is 19.0 Å². The van der Waals surface area contributed by atoms with Crippen LogP contribution in [0.1, 0.15) is 36.8 Å². The Balaban J connectivity index is 1.91. The standard InChI is InChI=1S/C36H54Cl4N3O8P/c1-43(2,3)26-27-49-52(46,47)50-29-34(51-36(45)9-5-7-31-12-16-33(17-13-31)42(24-20-39)25-21-40)28-48-35(44)8-4-6-30-10-14-32(15-11-30)41(22-18-37)23-19-38/h10-17,34H,4-9,18-29H2,1-3H3/p+1. The number of hydrogen-bond donors (Lipinski definition) is 1. The smallest absolute Gasteiger partial charge is 0.462 e. The monoisotopic (exact) mass is 828 g/mol. The first-order chi connectivity index (χ1) is 24.8. The van der Waals surface area contributed by atoms with Crippen molar-refractivity contribution in [2.24, 2.45) is 0 Å². The zero-order chi connectivity index (χ0) is 38.4. The van der Waals surface area contributed by atoms with Gasteiger partial charge in [-0.05, 0) is 61.1 Å². The molecule has 0 spiro atoms. The van der Waals surface area contributed by atoms with Gasteiger partial charge in [0.2, 0.25) is 0 Å². The largest absolute Gasteiger partial charge is 0.472 e. The molecule has 0 aliphatic rings. The number of quaternary nitrogens is 1. The molecule has 0 saturated carbocycles. The average Bonchev–Trinajstić information content (AvgIpc) is 3.09. The minimum absolute atomic E-state index is 0.0169. The maximum atomic E-state index is 12.8. The second-order valence-electron chi connectivity index (χ2n) is 13.2. The summed E-state index contributed by atoms with van der Waals surface area (Å²) in [5, 5.41) is 0. The van der Waals surface area contributed by atoms with E-state index in [4.69, 9.17) is 64.9 Å². The average molecular weight is 831 g/mol. The Bertz CT molecular complexity index is 1340. The molecule has 0 amide bonds. The van der Waals surface area contributed by atoms with Crippen LogP contribution in [0.3, 0.4) is 0 Å². The lowest BCUT2D eigenvalue weighted by molar-refractivity contribution is -0.870. The van der Waals surface area contributed by atoms with E-state index in [0.29, 0.717) is 86.4 Å². The molecule has 2 atom stereocenters. The van der Waals surface area contributed by atoms with Gasteiger partial charge in [0, 0.05) is 73.9 Å². The molecule has 0 bridgehead atoms. The van der Waals surface area contributed by atoms with E-state index in [1.54, 1.807) is 0 Å². The predicted octanol–water partition coefficient (Wildman–Crippen LogP) is 6.90. The highest BCUT2D eigenvalue weighted by Crippen LogP contribution is 2.43. The molecule has 0 radical (unpaired) electrons. The van der Waals surface area contributed by atoms with Crippen molar-refractivity contribution in [3.05, 3.63) is 59.7 Å². The Kier molecular flexibility index (Phi) is 22.6. The first kappa shape index (κ1) is 46.4. The summed E-state index contributed by atoms with van der Waals surface area (Å²) < 4.78 is 34.2. The van der Waals surface area contributed by atoms with Crippen LogP contribution < -0.4 is 9.80 Å². The summed E-state index contributed by atoms with van der Waals surface area (Å²) in [7, 11) is 1.31. The topological polar surface area (TPSA) is 115 Å². The molecular formula is C36H55Cl4N3O8P+. The van der Waals surface area contributed by atoms with Crippen molar-refractivity contribution in [1.29, 1.82) is 0 Å². The Hall–Kier alpha value is -1.79. The third kappa shape index (κ3) is 20.0. The number of alkyl halides is 4. The highest BCUT2D eigenvalue weighted by atomic mass is 35.5. The van der Waals surface area contributed by atoms with E-state index in [2.05, 4.69) is 9.80 Å². The summed E-state index contributed by atoms with van der Waals surface area (Å²) in [5.41, 5.74) is 4.16. The van der Waals surface area contributed by atoms with Crippen LogP contribution in [0.15, 0.2) is 48.5 Å². The van der Waals surface area contributed by atoms with Gasteiger partial charge in [-0.2, -0.15) is 0 Å². The van der Waals surface area contributed by atoms with E-state index in [1.165, 1.54) is 0 Å². The molecule has 0 aromatic heterocycles. The fraction of sp³-hybridized carbons (Fsp3) is 0.611. The quantitative estimate of drug-likeness (QED) is 0.0421. The minimum atomic E-state index is -4.45. The van der Waals surface area contributed by atoms with Gasteiger partial charge >= 0.3 is 19.8 Å². The number of ether oxygens (including phenoxy) is 2. The maximum Gasteiger partial charge on any atom is 0.472 e. The van der Waals surface area contributed by atoms with Crippen molar-refractivity contribution in [2.75, 3.05) is 107 Å². The Morgan fingerprint density at radius 1 is 0.712 bits per heavy atom. The van der Waals surface area contributed by atoms with E-state index in [-0.39, 0.29) is 26.1 Å². The van der Waals surface area contributed by atoms with Crippen LogP contribution in [0.2, 0.25) is 0 Å². The van der Waals surface area contributed by atoms with E-state index in [1.807, 2.05) is 69.7 Å². The van der Waals surface area contributed by atoms with Crippen LogP contribution >= 0.6 is 54.2 Å². The highest BCUT2D eigenvalue weighted by molar-refractivity contribution is 7.47. The number of rotatable bonds is 28. The number of esters is 2. The lowest BCUT2D eigenvalue weighted by Crippen LogP contribution is -2.37. The van der Waals surface area contributed by atoms with Crippen molar-refractivity contribution < 1.29 is 42.1 Å². The van der Waals surface area contributed by atoms with Gasteiger partial charge in [0.1, 0.15) is 19.8 Å². The Morgan fingerprint density at radius 3 is 1.58 bits per heavy atom. The van der Waals surface area contributed by atoms with Gasteiger partial charge in [-0.15, -0.1) is 46.4 Å². The number of carbonyl (C=O) groups excluding carboxylic acids is 2. The fourth-order valence-electron chi connectivity index (χ4n) is 5.03. The summed E-state index contributed by atoms with van der Waals surface area (Å²) in [6.45, 7) is 2.39. The number of likely N-dealkylation sites (N-methyl/N-ethyl adjacent to an activating group) is 1. The van der Waals surface area contributed by atoms with Crippen LogP contribution in [0.5, 0.6) is 0 Å². The number of aryl methyl sites for hydroxylation is 2. The zero-order valence-electron chi connectivity index (χ0n) is 30.5. The molecule has 2 aromatic carbocycles. The van der Waals surface area contributed by atoms with Crippen LogP contribution in [0.4, 0.5) is 11.4 Å². The number of nitrogens with zero attached hydrogens (tertiary/aromatic N) is 3. The molecule has 52 heavy (non-hydrogen) atoms. The molecule has 11 nitrogen and oxygen atoms in total. The maximum absolute atomic E-state index is 12.8. The van der Waals surface area contributed by atoms with Crippen LogP contribution in [0.25, 0.3) is 0 Å². The molecule has 0 saturated heterocycles. The molecule has 2 rings (SSSR count). The number of anilines is 2. The Labute approximate surface area is 329 Å². The van der Waals surface area contributed by atoms with Crippen molar-refractivity contribution in [2.45, 2.75) is 44.6 Å². The predicted molar refractivity (Wildman–Crippen MR) is 212 cm³/mol. The zero-order valence-corrected chi connectivity index (χ0v) is 34.4. The molecular weight excluding hydrogens is 775 g/mol. The molecule has 1 N–H and O–H groups in total. The SMILES string of the molecule is C[N+](C)(C)CCOP(=O)(O)OCC(COC(=O)CCCc1ccc(N(CCCl)CCCl)cc1)OC(=O)CCCc1ccc(N(CCCl)CCCl)cc1. The first-order valence-electron chi connectivity index (χ1n) is 17.5. The summed E-state index contributed by atoms with van der Waals surface area (Å²) in [6, 6.07) is 16.0. The molecule has 0 heterocycles. The highest BCUT2D eigenvalue weighted by Gasteiger charge is 2.27. The van der Waals surface area contributed by atoms with Crippen LogP contribution in [0, 0.1) is 0 Å². The second kappa shape index (κ2) is 25.3. The number of hydrogen-bond acceptors (Lipinski definition) is 9. The number of benzene rings is 2. The molecule has 0 aliphatic heterocycles. The number of phosphoric acid groups is 1. The van der Waals surface area contributed by atoms with Gasteiger partial charge in [0.15, 0.2) is 6.10 Å². The van der Waals surface area contributed by atoms with E-state index < -0.39 is 32.5 Å². The van der Waals surface area contributed by atoms with Crippen molar-refractivity contribution in [1.82, 2.24) is 0 Å². The summed E-state index contributed by atoms with van der Waals surface area (Å²) in [4.78, 5) is 39.9. The molecule has 294 valence electrons.